The van der Waals surface area contributed by atoms with Crippen LogP contribution in [0.5, 0.6) is 0 Å². The Balaban J connectivity index is 1.74. The number of nitrogens with zero attached hydrogens (tertiary/aromatic N) is 1. The zero-order valence-electron chi connectivity index (χ0n) is 19.7. The normalized spacial score (nSPS) is 14.4. The summed E-state index contributed by atoms with van der Waals surface area (Å²) in [7, 11) is 2.74. The van der Waals surface area contributed by atoms with Gasteiger partial charge in [0.15, 0.2) is 5.81 Å². The van der Waals surface area contributed by atoms with Crippen LogP contribution in [-0.2, 0) is 32.1 Å². The quantitative estimate of drug-likeness (QED) is 0.502. The summed E-state index contributed by atoms with van der Waals surface area (Å²) in [5.41, 5.74) is 4.05. The Morgan fingerprint density at radius 3 is 2.41 bits per heavy atom. The maximum absolute atomic E-state index is 12.6. The second-order valence-electron chi connectivity index (χ2n) is 8.15. The zero-order chi connectivity index (χ0) is 24.8. The van der Waals surface area contributed by atoms with Crippen LogP contribution in [0.2, 0.25) is 0 Å². The van der Waals surface area contributed by atoms with Crippen LogP contribution in [0.15, 0.2) is 54.2 Å². The number of benzene rings is 2. The fraction of sp³-hybridized carbons (Fsp3) is 0.280. The van der Waals surface area contributed by atoms with Crippen LogP contribution in [0.1, 0.15) is 29.2 Å². The summed E-state index contributed by atoms with van der Waals surface area (Å²) in [6.07, 6.45) is -0.549. The van der Waals surface area contributed by atoms with Gasteiger partial charge in [-0.1, -0.05) is 48.5 Å². The van der Waals surface area contributed by atoms with Crippen molar-refractivity contribution in [1.82, 2.24) is 10.2 Å². The highest BCUT2D eigenvalue weighted by Crippen LogP contribution is 2.28. The van der Waals surface area contributed by atoms with E-state index >= 15 is 0 Å². The van der Waals surface area contributed by atoms with Gasteiger partial charge in [0.2, 0.25) is 0 Å². The lowest BCUT2D eigenvalue weighted by Crippen LogP contribution is -2.43. The number of hydrogen-bond donors (Lipinski definition) is 1. The molecule has 1 aliphatic rings. The van der Waals surface area contributed by atoms with Gasteiger partial charge in [-0.3, -0.25) is 4.79 Å². The predicted molar refractivity (Wildman–Crippen MR) is 128 cm³/mol. The van der Waals surface area contributed by atoms with Gasteiger partial charge < -0.3 is 24.5 Å². The standard InChI is InChI=1S/C25H27BN2O6/c1-15-12-18(10-11-19(15)21-16(2)28(3)24(31)26-22(21)29)13-20(23(30)33-4)27-25(32)34-14-17-8-6-5-7-9-17/h5-12,20,26H,13-14H2,1-4H3,(H,27,32)/t20-/m0/s1. The van der Waals surface area contributed by atoms with Gasteiger partial charge in [-0.2, -0.15) is 0 Å². The van der Waals surface area contributed by atoms with Crippen molar-refractivity contribution < 1.29 is 28.7 Å². The Morgan fingerprint density at radius 1 is 1.06 bits per heavy atom. The minimum atomic E-state index is -0.945. The molecule has 34 heavy (non-hydrogen) atoms. The van der Waals surface area contributed by atoms with Crippen LogP contribution in [0.4, 0.5) is 9.59 Å². The fourth-order valence-electron chi connectivity index (χ4n) is 3.86. The molecule has 0 saturated carbocycles. The first-order chi connectivity index (χ1) is 16.2. The van der Waals surface area contributed by atoms with Crippen molar-refractivity contribution in [1.29, 1.82) is 0 Å². The van der Waals surface area contributed by atoms with E-state index in [0.717, 1.165) is 22.3 Å². The number of nitrogens with one attached hydrogen (secondary N) is 1. The summed E-state index contributed by atoms with van der Waals surface area (Å²) in [6, 6.07) is 13.7. The van der Waals surface area contributed by atoms with Crippen molar-refractivity contribution in [2.24, 2.45) is 0 Å². The summed E-state index contributed by atoms with van der Waals surface area (Å²) in [5.74, 6) is -0.828. The Hall–Kier alpha value is -3.88. The number of alkyl carbamates (subject to hydrolysis) is 1. The summed E-state index contributed by atoms with van der Waals surface area (Å²) in [4.78, 5) is 50.6. The van der Waals surface area contributed by atoms with E-state index in [1.54, 1.807) is 26.1 Å². The van der Waals surface area contributed by atoms with E-state index in [2.05, 4.69) is 5.32 Å². The first kappa shape index (κ1) is 24.8. The van der Waals surface area contributed by atoms with Gasteiger partial charge in [0.25, 0.3) is 0 Å². The average molecular weight is 462 g/mol. The van der Waals surface area contributed by atoms with Gasteiger partial charge >= 0.3 is 19.3 Å². The van der Waals surface area contributed by atoms with E-state index < -0.39 is 18.1 Å². The molecule has 0 radical (unpaired) electrons. The highest BCUT2D eigenvalue weighted by molar-refractivity contribution is 7.02. The molecule has 0 bridgehead atoms. The highest BCUT2D eigenvalue weighted by atomic mass is 16.6. The molecule has 0 saturated heterocycles. The Kier molecular flexibility index (Phi) is 7.89. The van der Waals surface area contributed by atoms with Crippen molar-refractivity contribution in [3.63, 3.8) is 0 Å². The van der Waals surface area contributed by atoms with Crippen LogP contribution in [0.3, 0.4) is 0 Å². The molecule has 1 aliphatic heterocycles. The molecular weight excluding hydrogens is 435 g/mol. The molecule has 1 heterocycles. The number of carbonyl (C=O) groups is 4. The number of allylic oxidation sites excluding steroid dienone is 2. The number of aryl methyl sites for hydroxylation is 1. The molecule has 0 aromatic heterocycles. The Morgan fingerprint density at radius 2 is 1.76 bits per heavy atom. The largest absolute Gasteiger partial charge is 0.467 e. The first-order valence-electron chi connectivity index (χ1n) is 10.9. The lowest BCUT2D eigenvalue weighted by atomic mass is 9.64. The molecule has 3 rings (SSSR count). The number of ether oxygens (including phenoxy) is 2. The minimum Gasteiger partial charge on any atom is -0.467 e. The zero-order valence-corrected chi connectivity index (χ0v) is 19.7. The molecule has 9 heteroatoms. The van der Waals surface area contributed by atoms with Crippen LogP contribution in [0, 0.1) is 6.92 Å². The molecule has 0 aliphatic carbocycles. The molecule has 2 aromatic rings. The van der Waals surface area contributed by atoms with Crippen molar-refractivity contribution in [2.75, 3.05) is 14.2 Å². The topological polar surface area (TPSA) is 102 Å². The molecule has 1 N–H and O–H groups in total. The second-order valence-corrected chi connectivity index (χ2v) is 8.15. The van der Waals surface area contributed by atoms with E-state index in [0.29, 0.717) is 11.3 Å². The van der Waals surface area contributed by atoms with Gasteiger partial charge in [-0.15, -0.1) is 0 Å². The van der Waals surface area contributed by atoms with Crippen LogP contribution in [0.25, 0.3) is 5.57 Å². The molecule has 0 spiro atoms. The van der Waals surface area contributed by atoms with E-state index in [4.69, 9.17) is 9.47 Å². The Labute approximate surface area is 199 Å². The fourth-order valence-corrected chi connectivity index (χ4v) is 3.86. The molecule has 2 amide bonds. The maximum Gasteiger partial charge on any atom is 0.408 e. The van der Waals surface area contributed by atoms with E-state index in [1.165, 1.54) is 12.0 Å². The van der Waals surface area contributed by atoms with E-state index in [-0.39, 0.29) is 31.8 Å². The van der Waals surface area contributed by atoms with E-state index in [9.17, 15) is 19.2 Å². The number of esters is 1. The first-order valence-corrected chi connectivity index (χ1v) is 10.9. The molecular formula is C25H27BN2O6. The number of amides is 2. The lowest BCUT2D eigenvalue weighted by Gasteiger charge is -2.27. The smallest absolute Gasteiger partial charge is 0.408 e. The summed E-state index contributed by atoms with van der Waals surface area (Å²) in [5, 5.41) is 2.57. The van der Waals surface area contributed by atoms with Crippen LogP contribution >= 0.6 is 0 Å². The average Bonchev–Trinajstić information content (AvgIpc) is 2.82. The molecule has 0 unspecified atom stereocenters. The van der Waals surface area contributed by atoms with Crippen molar-refractivity contribution >= 4 is 36.4 Å². The Bertz CT molecular complexity index is 1150. The second kappa shape index (κ2) is 10.8. The predicted octanol–water partition coefficient (Wildman–Crippen LogP) is 2.77. The number of methoxy groups -OCH3 is 1. The number of hydrogen-bond acceptors (Lipinski definition) is 6. The molecule has 1 atom stereocenters. The van der Waals surface area contributed by atoms with Gasteiger partial charge in [0.05, 0.1) is 7.11 Å². The number of rotatable bonds is 7. The number of carbonyl (C=O) groups excluding carboxylic acids is 4. The van der Waals surface area contributed by atoms with Gasteiger partial charge in [-0.25, -0.2) is 9.59 Å². The third-order valence-electron chi connectivity index (χ3n) is 5.82. The van der Waals surface area contributed by atoms with Crippen LogP contribution < -0.4 is 5.32 Å². The van der Waals surface area contributed by atoms with Gasteiger partial charge in [0.1, 0.15) is 18.3 Å². The maximum atomic E-state index is 12.6. The SMILES string of the molecule is COC(=O)[C@H](Cc1ccc(C2=C(C)N(C)C(=O)BC2=O)c(C)c1)NC(=O)OCc1ccccc1. The molecule has 8 nitrogen and oxygen atoms in total. The molecule has 0 fully saturated rings. The summed E-state index contributed by atoms with van der Waals surface area (Å²) < 4.78 is 10.1. The van der Waals surface area contributed by atoms with Crippen molar-refractivity contribution in [2.45, 2.75) is 32.9 Å². The summed E-state index contributed by atoms with van der Waals surface area (Å²) in [6.45, 7) is 3.68. The minimum absolute atomic E-state index is 0.0772. The molecule has 176 valence electrons. The third-order valence-corrected chi connectivity index (χ3v) is 5.82. The van der Waals surface area contributed by atoms with Crippen molar-refractivity contribution in [3.05, 3.63) is 76.5 Å². The van der Waals surface area contributed by atoms with Crippen LogP contribution in [-0.4, -0.2) is 55.9 Å². The third kappa shape index (κ3) is 5.72. The van der Waals surface area contributed by atoms with Gasteiger partial charge in [-0.05, 0) is 36.1 Å². The van der Waals surface area contributed by atoms with E-state index in [1.807, 2.05) is 43.3 Å². The molecule has 2 aromatic carbocycles. The van der Waals surface area contributed by atoms with Crippen molar-refractivity contribution in [3.8, 4) is 0 Å². The van der Waals surface area contributed by atoms with Gasteiger partial charge in [0, 0.05) is 24.7 Å². The lowest BCUT2D eigenvalue weighted by molar-refractivity contribution is -0.143. The summed E-state index contributed by atoms with van der Waals surface area (Å²) >= 11 is 0. The monoisotopic (exact) mass is 462 g/mol. The highest BCUT2D eigenvalue weighted by Gasteiger charge is 2.31.